The minimum Gasteiger partial charge on any atom is -0.444 e. The van der Waals surface area contributed by atoms with Gasteiger partial charge in [0, 0.05) is 36.2 Å². The number of piperazine rings is 1. The smallest absolute Gasteiger partial charge is 0.410 e. The summed E-state index contributed by atoms with van der Waals surface area (Å²) in [6, 6.07) is 13.8. The lowest BCUT2D eigenvalue weighted by Gasteiger charge is -2.36. The molecule has 0 spiro atoms. The third-order valence-corrected chi connectivity index (χ3v) is 4.84. The van der Waals surface area contributed by atoms with E-state index in [9.17, 15) is 10.1 Å². The number of rotatable bonds is 2. The van der Waals surface area contributed by atoms with Crippen LogP contribution in [-0.4, -0.2) is 47.8 Å². The van der Waals surface area contributed by atoms with Crippen LogP contribution in [0.4, 0.5) is 10.6 Å². The Morgan fingerprint density at radius 1 is 1.18 bits per heavy atom. The fourth-order valence-corrected chi connectivity index (χ4v) is 3.41. The molecule has 0 atom stereocenters. The normalized spacial score (nSPS) is 14.5. The minimum absolute atomic E-state index is 0.302. The molecule has 1 aromatic carbocycles. The Balaban J connectivity index is 1.78. The van der Waals surface area contributed by atoms with E-state index in [4.69, 9.17) is 9.72 Å². The van der Waals surface area contributed by atoms with Gasteiger partial charge in [-0.15, -0.1) is 0 Å². The number of aromatic nitrogens is 1. The minimum atomic E-state index is -0.512. The number of hydrogen-bond donors (Lipinski definition) is 0. The monoisotopic (exact) mass is 442 g/mol. The van der Waals surface area contributed by atoms with Crippen LogP contribution in [0.2, 0.25) is 0 Å². The summed E-state index contributed by atoms with van der Waals surface area (Å²) < 4.78 is 6.42. The van der Waals surface area contributed by atoms with Crippen molar-refractivity contribution in [2.75, 3.05) is 31.1 Å². The fraction of sp³-hybridized carbons (Fsp3) is 0.381. The molecule has 7 heteroatoms. The first-order chi connectivity index (χ1) is 13.3. The van der Waals surface area contributed by atoms with Crippen LogP contribution in [0, 0.1) is 11.3 Å². The van der Waals surface area contributed by atoms with Gasteiger partial charge in [-0.3, -0.25) is 0 Å². The van der Waals surface area contributed by atoms with Crippen molar-refractivity contribution in [1.29, 1.82) is 5.26 Å². The number of benzene rings is 1. The molecule has 2 heterocycles. The number of pyridine rings is 1. The highest BCUT2D eigenvalue weighted by molar-refractivity contribution is 9.10. The number of carbonyl (C=O) groups is 1. The highest BCUT2D eigenvalue weighted by atomic mass is 79.9. The first-order valence-electron chi connectivity index (χ1n) is 9.17. The Hall–Kier alpha value is -2.59. The average molecular weight is 443 g/mol. The second-order valence-corrected chi connectivity index (χ2v) is 8.56. The number of nitrogens with zero attached hydrogens (tertiary/aromatic N) is 4. The molecule has 1 aliphatic heterocycles. The highest BCUT2D eigenvalue weighted by Gasteiger charge is 2.27. The van der Waals surface area contributed by atoms with Crippen molar-refractivity contribution in [1.82, 2.24) is 9.88 Å². The molecule has 6 nitrogen and oxygen atoms in total. The van der Waals surface area contributed by atoms with E-state index in [0.29, 0.717) is 37.6 Å². The van der Waals surface area contributed by atoms with Crippen molar-refractivity contribution >= 4 is 27.8 Å². The SMILES string of the molecule is CC(C)(C)OC(=O)N1CCN(c2nc(-c3cccc(Br)c3)ccc2C#N)CC1. The zero-order valence-corrected chi connectivity index (χ0v) is 17.9. The zero-order valence-electron chi connectivity index (χ0n) is 16.3. The summed E-state index contributed by atoms with van der Waals surface area (Å²) in [6.07, 6.45) is -0.302. The van der Waals surface area contributed by atoms with Gasteiger partial charge in [-0.1, -0.05) is 28.1 Å². The van der Waals surface area contributed by atoms with E-state index in [1.54, 1.807) is 11.0 Å². The van der Waals surface area contributed by atoms with Crippen LogP contribution in [0.15, 0.2) is 40.9 Å². The lowest BCUT2D eigenvalue weighted by Crippen LogP contribution is -2.50. The van der Waals surface area contributed by atoms with E-state index in [0.717, 1.165) is 15.7 Å². The Morgan fingerprint density at radius 3 is 2.50 bits per heavy atom. The molecule has 2 aromatic rings. The molecule has 1 amide bonds. The number of halogens is 1. The lowest BCUT2D eigenvalue weighted by atomic mass is 10.1. The van der Waals surface area contributed by atoms with E-state index < -0.39 is 5.60 Å². The topological polar surface area (TPSA) is 69.5 Å². The number of nitriles is 1. The van der Waals surface area contributed by atoms with E-state index >= 15 is 0 Å². The first-order valence-corrected chi connectivity index (χ1v) is 9.96. The van der Waals surface area contributed by atoms with Crippen LogP contribution in [0.25, 0.3) is 11.3 Å². The van der Waals surface area contributed by atoms with Crippen molar-refractivity contribution in [3.8, 4) is 17.3 Å². The summed E-state index contributed by atoms with van der Waals surface area (Å²) in [4.78, 5) is 20.8. The van der Waals surface area contributed by atoms with Gasteiger partial charge in [0.2, 0.25) is 0 Å². The van der Waals surface area contributed by atoms with E-state index in [-0.39, 0.29) is 6.09 Å². The summed E-state index contributed by atoms with van der Waals surface area (Å²) >= 11 is 3.48. The number of ether oxygens (including phenoxy) is 1. The van der Waals surface area contributed by atoms with Crippen LogP contribution in [-0.2, 0) is 4.74 Å². The van der Waals surface area contributed by atoms with Crippen molar-refractivity contribution in [2.45, 2.75) is 26.4 Å². The van der Waals surface area contributed by atoms with Gasteiger partial charge in [-0.2, -0.15) is 5.26 Å². The zero-order chi connectivity index (χ0) is 20.3. The average Bonchev–Trinajstić information content (AvgIpc) is 2.66. The van der Waals surface area contributed by atoms with E-state index in [1.807, 2.05) is 51.1 Å². The second kappa shape index (κ2) is 8.19. The van der Waals surface area contributed by atoms with Crippen LogP contribution < -0.4 is 4.90 Å². The maximum absolute atomic E-state index is 12.3. The number of anilines is 1. The molecule has 0 bridgehead atoms. The Bertz CT molecular complexity index is 909. The molecular weight excluding hydrogens is 420 g/mol. The lowest BCUT2D eigenvalue weighted by molar-refractivity contribution is 0.0240. The van der Waals surface area contributed by atoms with Gasteiger partial charge in [0.1, 0.15) is 17.5 Å². The number of amides is 1. The molecule has 0 saturated carbocycles. The molecule has 146 valence electrons. The van der Waals surface area contributed by atoms with Crippen LogP contribution in [0.5, 0.6) is 0 Å². The predicted molar refractivity (Wildman–Crippen MR) is 112 cm³/mol. The van der Waals surface area contributed by atoms with Crippen molar-refractivity contribution in [3.63, 3.8) is 0 Å². The molecule has 0 aliphatic carbocycles. The molecule has 28 heavy (non-hydrogen) atoms. The molecule has 1 saturated heterocycles. The molecular formula is C21H23BrN4O2. The largest absolute Gasteiger partial charge is 0.444 e. The molecule has 0 radical (unpaired) electrons. The summed E-state index contributed by atoms with van der Waals surface area (Å²) in [7, 11) is 0. The quantitative estimate of drug-likeness (QED) is 0.687. The van der Waals surface area contributed by atoms with Gasteiger partial charge in [0.05, 0.1) is 11.3 Å². The van der Waals surface area contributed by atoms with Crippen LogP contribution in [0.3, 0.4) is 0 Å². The Labute approximate surface area is 173 Å². The van der Waals surface area contributed by atoms with Crippen molar-refractivity contribution < 1.29 is 9.53 Å². The molecule has 1 fully saturated rings. The Kier molecular flexibility index (Phi) is 5.90. The molecule has 3 rings (SSSR count). The maximum atomic E-state index is 12.3. The van der Waals surface area contributed by atoms with Crippen LogP contribution >= 0.6 is 15.9 Å². The summed E-state index contributed by atoms with van der Waals surface area (Å²) in [5, 5.41) is 9.51. The first kappa shape index (κ1) is 20.2. The van der Waals surface area contributed by atoms with Crippen LogP contribution in [0.1, 0.15) is 26.3 Å². The number of carbonyl (C=O) groups excluding carboxylic acids is 1. The van der Waals surface area contributed by atoms with E-state index in [2.05, 4.69) is 26.9 Å². The molecule has 1 aliphatic rings. The van der Waals surface area contributed by atoms with Gasteiger partial charge in [0.25, 0.3) is 0 Å². The maximum Gasteiger partial charge on any atom is 0.410 e. The van der Waals surface area contributed by atoms with Gasteiger partial charge in [0.15, 0.2) is 0 Å². The molecule has 1 aromatic heterocycles. The molecule has 0 N–H and O–H groups in total. The second-order valence-electron chi connectivity index (χ2n) is 7.64. The Morgan fingerprint density at radius 2 is 1.89 bits per heavy atom. The number of hydrogen-bond acceptors (Lipinski definition) is 5. The third-order valence-electron chi connectivity index (χ3n) is 4.35. The highest BCUT2D eigenvalue weighted by Crippen LogP contribution is 2.27. The van der Waals surface area contributed by atoms with Crippen molar-refractivity contribution in [2.24, 2.45) is 0 Å². The van der Waals surface area contributed by atoms with Gasteiger partial charge < -0.3 is 14.5 Å². The standard InChI is InChI=1S/C21H23BrN4O2/c1-21(2,3)28-20(27)26-11-9-25(10-12-26)19-16(14-23)7-8-18(24-19)15-5-4-6-17(22)13-15/h4-8,13H,9-12H2,1-3H3. The third kappa shape index (κ3) is 4.82. The summed E-state index contributed by atoms with van der Waals surface area (Å²) in [5.41, 5.74) is 1.81. The summed E-state index contributed by atoms with van der Waals surface area (Å²) in [5.74, 6) is 0.656. The van der Waals surface area contributed by atoms with Gasteiger partial charge in [-0.25, -0.2) is 9.78 Å². The van der Waals surface area contributed by atoms with E-state index in [1.165, 1.54) is 0 Å². The molecule has 0 unspecified atom stereocenters. The summed E-state index contributed by atoms with van der Waals surface area (Å²) in [6.45, 7) is 7.84. The van der Waals surface area contributed by atoms with Gasteiger partial charge in [-0.05, 0) is 45.0 Å². The van der Waals surface area contributed by atoms with Gasteiger partial charge >= 0.3 is 6.09 Å². The predicted octanol–water partition coefficient (Wildman–Crippen LogP) is 4.44. The van der Waals surface area contributed by atoms with Crippen molar-refractivity contribution in [3.05, 3.63) is 46.4 Å². The fourth-order valence-electron chi connectivity index (χ4n) is 3.01.